The molecule has 23 heteroatoms. The summed E-state index contributed by atoms with van der Waals surface area (Å²) in [4.78, 5) is 113. The lowest BCUT2D eigenvalue weighted by molar-refractivity contribution is -0.134. The molecule has 404 valence electrons. The molecule has 0 bridgehead atoms. The van der Waals surface area contributed by atoms with Gasteiger partial charge in [0, 0.05) is 58.6 Å². The van der Waals surface area contributed by atoms with Gasteiger partial charge in [-0.1, -0.05) is 24.3 Å². The minimum absolute atomic E-state index is 0.00757. The van der Waals surface area contributed by atoms with Gasteiger partial charge in [0.05, 0.1) is 67.2 Å². The number of carbonyl (C=O) groups excluding carboxylic acids is 3. The van der Waals surface area contributed by atoms with E-state index in [9.17, 15) is 24.0 Å². The Morgan fingerprint density at radius 3 is 1.53 bits per heavy atom. The summed E-state index contributed by atoms with van der Waals surface area (Å²) < 4.78 is 5.70. The fourth-order valence-electron chi connectivity index (χ4n) is 9.57. The average Bonchev–Trinajstić information content (AvgIpc) is 3.98. The number of benzene rings is 2. The Kier molecular flexibility index (Phi) is 15.7. The van der Waals surface area contributed by atoms with E-state index in [-0.39, 0.29) is 28.8 Å². The maximum atomic E-state index is 13.7. The minimum Gasteiger partial charge on any atom is -0.481 e. The highest BCUT2D eigenvalue weighted by molar-refractivity contribution is 7.24. The molecule has 8 aromatic heterocycles. The van der Waals surface area contributed by atoms with Gasteiger partial charge in [-0.05, 0) is 102 Å². The summed E-state index contributed by atoms with van der Waals surface area (Å²) in [5.74, 6) is -1.13. The molecular weight excluding hydrogens is 1040 g/mol. The van der Waals surface area contributed by atoms with Crippen LogP contribution in [0.4, 0.5) is 11.6 Å². The highest BCUT2D eigenvalue weighted by Crippen LogP contribution is 2.33. The van der Waals surface area contributed by atoms with E-state index in [4.69, 9.17) is 19.9 Å². The quantitative estimate of drug-likeness (QED) is 0.150. The van der Waals surface area contributed by atoms with Crippen molar-refractivity contribution in [1.82, 2.24) is 59.1 Å². The van der Waals surface area contributed by atoms with Crippen LogP contribution < -0.4 is 31.3 Å². The molecule has 0 aliphatic carbocycles. The van der Waals surface area contributed by atoms with Crippen LogP contribution in [0.25, 0.3) is 52.2 Å². The van der Waals surface area contributed by atoms with Crippen LogP contribution in [-0.2, 0) is 11.3 Å². The lowest BCUT2D eigenvalue weighted by Crippen LogP contribution is -2.35. The number of pyridine rings is 4. The van der Waals surface area contributed by atoms with Crippen LogP contribution in [0.3, 0.4) is 0 Å². The molecule has 0 radical (unpaired) electrons. The first-order valence-corrected chi connectivity index (χ1v) is 27.3. The van der Waals surface area contributed by atoms with Crippen molar-refractivity contribution in [2.24, 2.45) is 0 Å². The van der Waals surface area contributed by atoms with Gasteiger partial charge >= 0.3 is 0 Å². The van der Waals surface area contributed by atoms with Gasteiger partial charge in [0.1, 0.15) is 38.1 Å². The molecule has 0 unspecified atom stereocenters. The van der Waals surface area contributed by atoms with Gasteiger partial charge in [-0.2, -0.15) is 0 Å². The highest BCUT2D eigenvalue weighted by atomic mass is 32.1. The number of carbonyl (C=O) groups is 4. The number of carboxylic acid groups (broad SMARTS) is 1. The summed E-state index contributed by atoms with van der Waals surface area (Å²) in [5, 5.41) is 13.4. The smallest absolute Gasteiger partial charge is 0.300 e. The van der Waals surface area contributed by atoms with Crippen molar-refractivity contribution in [3.8, 4) is 0 Å². The molecular formula is C56H56N14O7S2. The van der Waals surface area contributed by atoms with Crippen LogP contribution in [0.5, 0.6) is 0 Å². The van der Waals surface area contributed by atoms with E-state index in [1.165, 1.54) is 35.1 Å². The molecule has 10 heterocycles. The highest BCUT2D eigenvalue weighted by Gasteiger charge is 2.27. The zero-order valence-electron chi connectivity index (χ0n) is 44.1. The van der Waals surface area contributed by atoms with Gasteiger partial charge in [-0.15, -0.1) is 22.7 Å². The first kappa shape index (κ1) is 53.7. The number of fused-ring (bicyclic) bond motifs is 10. The van der Waals surface area contributed by atoms with Crippen molar-refractivity contribution in [3.05, 3.63) is 152 Å². The Morgan fingerprint density at radius 2 is 1.05 bits per heavy atom. The van der Waals surface area contributed by atoms with Crippen molar-refractivity contribution >= 4 is 110 Å². The number of likely N-dealkylation sites (N-methyl/N-ethyl adjacent to an activating group) is 2. The molecule has 2 aromatic carbocycles. The Balaban J connectivity index is 0.000000167. The van der Waals surface area contributed by atoms with Crippen LogP contribution in [0.15, 0.2) is 107 Å². The topological polar surface area (TPSA) is 246 Å². The maximum absolute atomic E-state index is 13.7. The fraction of sp³-hybridized carbons (Fsp3) is 0.286. The van der Waals surface area contributed by atoms with E-state index >= 15 is 0 Å². The number of carboxylic acids is 1. The maximum Gasteiger partial charge on any atom is 0.300 e. The third kappa shape index (κ3) is 11.4. The molecule has 0 saturated carbocycles. The zero-order valence-corrected chi connectivity index (χ0v) is 45.7. The summed E-state index contributed by atoms with van der Waals surface area (Å²) in [5.41, 5.74) is 4.13. The van der Waals surface area contributed by atoms with Gasteiger partial charge in [0.25, 0.3) is 23.7 Å². The number of hydrogen-bond acceptors (Lipinski definition) is 18. The number of thiazole rings is 2. The van der Waals surface area contributed by atoms with Gasteiger partial charge in [0.2, 0.25) is 10.9 Å². The molecule has 79 heavy (non-hydrogen) atoms. The number of amides is 3. The number of aromatic nitrogens is 8. The van der Waals surface area contributed by atoms with Crippen molar-refractivity contribution in [3.63, 3.8) is 0 Å². The SMILES string of the molecule is CC(=O)O.Cc1cnc(C(=O)NC(=O)c2c(=O)c3ccc(N4CCCN(C)CC4)nc3n3c2sc2ccccc23)cn1.Cc1cnc(CNC(=O)c2c(=O)c3ccc(N4CCCN(C)CC4)nc3n3c2sc2ccccc23)cn1. The summed E-state index contributed by atoms with van der Waals surface area (Å²) in [6.07, 6.45) is 8.10. The minimum atomic E-state index is -0.833. The number of hydrogen-bond donors (Lipinski definition) is 3. The van der Waals surface area contributed by atoms with Crippen LogP contribution >= 0.6 is 22.7 Å². The zero-order chi connectivity index (χ0) is 55.5. The van der Waals surface area contributed by atoms with Gasteiger partial charge in [-0.3, -0.25) is 57.8 Å². The number of imide groups is 1. The molecule has 3 amide bonds. The molecule has 10 aromatic rings. The number of nitrogens with zero attached hydrogens (tertiary/aromatic N) is 12. The molecule has 3 N–H and O–H groups in total. The molecule has 2 saturated heterocycles. The third-order valence-electron chi connectivity index (χ3n) is 13.6. The van der Waals surface area contributed by atoms with E-state index in [0.29, 0.717) is 43.1 Å². The first-order valence-electron chi connectivity index (χ1n) is 25.6. The Hall–Kier alpha value is -8.64. The summed E-state index contributed by atoms with van der Waals surface area (Å²) >= 11 is 2.75. The van der Waals surface area contributed by atoms with E-state index < -0.39 is 29.1 Å². The van der Waals surface area contributed by atoms with E-state index in [1.54, 1.807) is 25.4 Å². The number of rotatable bonds is 7. The number of aliphatic carboxylic acids is 1. The lowest BCUT2D eigenvalue weighted by atomic mass is 10.1. The lowest BCUT2D eigenvalue weighted by Gasteiger charge is -2.22. The standard InChI is InChI=1S/C27H25N7O3S.C27H27N7O2S.C2H4O2/c1-16-14-29-18(15-28-16)25(36)31-26(37)22-23(35)17-8-9-21(33-11-5-10-32(2)12-13-33)30-24(17)34-19-6-3-4-7-20(19)38-27(22)34;1-17-14-29-18(15-28-17)16-30-26(36)23-24(35)19-8-9-22(33-11-5-10-32(2)12-13-33)31-25(19)34-20-6-3-4-7-21(20)37-27(23)34;1-2(3)4/h3-4,6-9,14-15H,5,10-13H2,1-2H3,(H,31,36,37);3-4,6-9,14-15H,5,10-13,16H2,1-2H3,(H,30,36);1H3,(H,3,4). The second kappa shape index (κ2) is 23.1. The van der Waals surface area contributed by atoms with Crippen molar-refractivity contribution in [2.75, 3.05) is 76.3 Å². The van der Waals surface area contributed by atoms with Gasteiger partial charge in [0.15, 0.2) is 11.3 Å². The van der Waals surface area contributed by atoms with E-state index in [0.717, 1.165) is 110 Å². The largest absolute Gasteiger partial charge is 0.481 e. The predicted molar refractivity (Wildman–Crippen MR) is 307 cm³/mol. The number of nitrogens with one attached hydrogen (secondary N) is 2. The second-order valence-electron chi connectivity index (χ2n) is 19.4. The molecule has 0 atom stereocenters. The Morgan fingerprint density at radius 1 is 0.570 bits per heavy atom. The average molecular weight is 1100 g/mol. The molecule has 12 rings (SSSR count). The van der Waals surface area contributed by atoms with E-state index in [1.807, 2.05) is 82.5 Å². The summed E-state index contributed by atoms with van der Waals surface area (Å²) in [6.45, 7) is 12.3. The molecule has 2 aliphatic heterocycles. The van der Waals surface area contributed by atoms with Crippen LogP contribution in [0.1, 0.15) is 68.1 Å². The van der Waals surface area contributed by atoms with Crippen LogP contribution in [0, 0.1) is 13.8 Å². The number of aryl methyl sites for hydroxylation is 2. The molecule has 2 aliphatic rings. The number of para-hydroxylation sites is 2. The van der Waals surface area contributed by atoms with Gasteiger partial charge in [-0.25, -0.2) is 15.0 Å². The first-order chi connectivity index (χ1) is 38.1. The predicted octanol–water partition coefficient (Wildman–Crippen LogP) is 6.20. The monoisotopic (exact) mass is 1100 g/mol. The van der Waals surface area contributed by atoms with E-state index in [2.05, 4.69) is 64.3 Å². The third-order valence-corrected chi connectivity index (χ3v) is 15.9. The Labute approximate surface area is 459 Å². The Bertz CT molecular complexity index is 4100. The van der Waals surface area contributed by atoms with Crippen molar-refractivity contribution in [2.45, 2.75) is 40.2 Å². The number of anilines is 2. The fourth-order valence-corrected chi connectivity index (χ4v) is 11.9. The van der Waals surface area contributed by atoms with Crippen molar-refractivity contribution in [1.29, 1.82) is 0 Å². The molecule has 21 nitrogen and oxygen atoms in total. The van der Waals surface area contributed by atoms with Crippen LogP contribution in [0.2, 0.25) is 0 Å². The normalized spacial score (nSPS) is 14.4. The molecule has 2 fully saturated rings. The molecule has 0 spiro atoms. The van der Waals surface area contributed by atoms with Crippen molar-refractivity contribution < 1.29 is 24.3 Å². The van der Waals surface area contributed by atoms with Crippen LogP contribution in [-0.4, -0.2) is 144 Å². The van der Waals surface area contributed by atoms with Gasteiger partial charge < -0.3 is 30.0 Å². The summed E-state index contributed by atoms with van der Waals surface area (Å²) in [6, 6.07) is 22.9. The summed E-state index contributed by atoms with van der Waals surface area (Å²) in [7, 11) is 4.25. The second-order valence-corrected chi connectivity index (χ2v) is 21.4.